The quantitative estimate of drug-likeness (QED) is 0.865. The van der Waals surface area contributed by atoms with E-state index in [4.69, 9.17) is 4.74 Å². The molecule has 0 saturated carbocycles. The summed E-state index contributed by atoms with van der Waals surface area (Å²) in [6, 6.07) is 4.64. The van der Waals surface area contributed by atoms with Crippen LogP contribution in [0.5, 0.6) is 0 Å². The number of amides is 1. The molecular formula is C16H23FN2O2. The molecule has 1 aromatic rings. The summed E-state index contributed by atoms with van der Waals surface area (Å²) in [5.41, 5.74) is 0.951. The van der Waals surface area contributed by atoms with Crippen LogP contribution in [-0.2, 0) is 4.74 Å². The Morgan fingerprint density at radius 3 is 2.81 bits per heavy atom. The molecule has 1 amide bonds. The van der Waals surface area contributed by atoms with E-state index in [-0.39, 0.29) is 11.9 Å². The number of aryl methyl sites for hydroxylation is 1. The molecule has 0 bridgehead atoms. The average Bonchev–Trinajstić information content (AvgIpc) is 2.39. The SMILES string of the molecule is Cc1ccc(F)c(C2CNCCN2C(=O)OC(C)(C)C)c1. The molecule has 0 aromatic heterocycles. The first-order valence-electron chi connectivity index (χ1n) is 7.24. The zero-order valence-corrected chi connectivity index (χ0v) is 13.1. The highest BCUT2D eigenvalue weighted by Gasteiger charge is 2.32. The smallest absolute Gasteiger partial charge is 0.410 e. The van der Waals surface area contributed by atoms with E-state index < -0.39 is 11.7 Å². The van der Waals surface area contributed by atoms with Crippen molar-refractivity contribution in [3.05, 3.63) is 35.1 Å². The number of carbonyl (C=O) groups is 1. The minimum Gasteiger partial charge on any atom is -0.444 e. The fourth-order valence-corrected chi connectivity index (χ4v) is 2.44. The largest absolute Gasteiger partial charge is 0.444 e. The van der Waals surface area contributed by atoms with E-state index in [1.807, 2.05) is 27.7 Å². The van der Waals surface area contributed by atoms with Crippen molar-refractivity contribution in [2.75, 3.05) is 19.6 Å². The predicted molar refractivity (Wildman–Crippen MR) is 79.7 cm³/mol. The number of piperazine rings is 1. The van der Waals surface area contributed by atoms with Crippen LogP contribution in [-0.4, -0.2) is 36.2 Å². The van der Waals surface area contributed by atoms with Gasteiger partial charge in [0.1, 0.15) is 11.4 Å². The summed E-state index contributed by atoms with van der Waals surface area (Å²) in [4.78, 5) is 14.0. The molecular weight excluding hydrogens is 271 g/mol. The van der Waals surface area contributed by atoms with Crippen LogP contribution in [0.15, 0.2) is 18.2 Å². The Kier molecular flexibility index (Phi) is 4.52. The van der Waals surface area contributed by atoms with Gasteiger partial charge in [0.2, 0.25) is 0 Å². The third-order valence-corrected chi connectivity index (χ3v) is 3.38. The Labute approximate surface area is 125 Å². The third-order valence-electron chi connectivity index (χ3n) is 3.38. The molecule has 21 heavy (non-hydrogen) atoms. The van der Waals surface area contributed by atoms with Crippen LogP contribution in [0.3, 0.4) is 0 Å². The second kappa shape index (κ2) is 6.02. The number of hydrogen-bond donors (Lipinski definition) is 1. The van der Waals surface area contributed by atoms with E-state index in [9.17, 15) is 9.18 Å². The third kappa shape index (κ3) is 3.94. The molecule has 0 aliphatic carbocycles. The first-order valence-corrected chi connectivity index (χ1v) is 7.24. The van der Waals surface area contributed by atoms with Crippen molar-refractivity contribution in [2.24, 2.45) is 0 Å². The van der Waals surface area contributed by atoms with Gasteiger partial charge < -0.3 is 10.1 Å². The van der Waals surface area contributed by atoms with E-state index in [1.165, 1.54) is 6.07 Å². The zero-order chi connectivity index (χ0) is 15.6. The number of nitrogens with zero attached hydrogens (tertiary/aromatic N) is 1. The second-order valence-corrected chi connectivity index (χ2v) is 6.42. The van der Waals surface area contributed by atoms with Crippen LogP contribution < -0.4 is 5.32 Å². The fraction of sp³-hybridized carbons (Fsp3) is 0.562. The Hall–Kier alpha value is -1.62. The summed E-state index contributed by atoms with van der Waals surface area (Å²) in [6.45, 7) is 9.12. The lowest BCUT2D eigenvalue weighted by atomic mass is 10.0. The number of benzene rings is 1. The lowest BCUT2D eigenvalue weighted by Crippen LogP contribution is -2.50. The van der Waals surface area contributed by atoms with Crippen LogP contribution in [0.4, 0.5) is 9.18 Å². The molecule has 1 fully saturated rings. The van der Waals surface area contributed by atoms with Crippen molar-refractivity contribution in [3.63, 3.8) is 0 Å². The number of halogens is 1. The van der Waals surface area contributed by atoms with Gasteiger partial charge in [-0.25, -0.2) is 9.18 Å². The Morgan fingerprint density at radius 1 is 1.43 bits per heavy atom. The van der Waals surface area contributed by atoms with Gasteiger partial charge in [-0.15, -0.1) is 0 Å². The zero-order valence-electron chi connectivity index (χ0n) is 13.1. The monoisotopic (exact) mass is 294 g/mol. The summed E-state index contributed by atoms with van der Waals surface area (Å²) in [5, 5.41) is 3.21. The van der Waals surface area contributed by atoms with Gasteiger partial charge in [-0.05, 0) is 33.8 Å². The molecule has 1 heterocycles. The first kappa shape index (κ1) is 15.8. The molecule has 0 spiro atoms. The van der Waals surface area contributed by atoms with Crippen LogP contribution in [0.1, 0.15) is 37.9 Å². The van der Waals surface area contributed by atoms with Gasteiger partial charge in [-0.3, -0.25) is 4.90 Å². The number of ether oxygens (including phenoxy) is 1. The van der Waals surface area contributed by atoms with E-state index >= 15 is 0 Å². The van der Waals surface area contributed by atoms with E-state index in [2.05, 4.69) is 5.32 Å². The molecule has 4 nitrogen and oxygen atoms in total. The minimum absolute atomic E-state index is 0.289. The van der Waals surface area contributed by atoms with Crippen LogP contribution in [0.25, 0.3) is 0 Å². The highest BCUT2D eigenvalue weighted by atomic mass is 19.1. The molecule has 1 atom stereocenters. The van der Waals surface area contributed by atoms with Gasteiger partial charge in [0.15, 0.2) is 0 Å². The van der Waals surface area contributed by atoms with Crippen molar-refractivity contribution in [1.29, 1.82) is 0 Å². The summed E-state index contributed by atoms with van der Waals surface area (Å²) < 4.78 is 19.6. The molecule has 1 aliphatic heterocycles. The standard InChI is InChI=1S/C16H23FN2O2/c1-11-5-6-13(17)12(9-11)14-10-18-7-8-19(14)15(20)21-16(2,3)4/h5-6,9,14,18H,7-8,10H2,1-4H3. The molecule has 1 unspecified atom stereocenters. The number of carbonyl (C=O) groups excluding carboxylic acids is 1. The lowest BCUT2D eigenvalue weighted by Gasteiger charge is -2.37. The van der Waals surface area contributed by atoms with Crippen molar-refractivity contribution < 1.29 is 13.9 Å². The number of rotatable bonds is 1. The van der Waals surface area contributed by atoms with Gasteiger partial charge in [0.25, 0.3) is 0 Å². The summed E-state index contributed by atoms with van der Waals surface area (Å²) >= 11 is 0. The highest BCUT2D eigenvalue weighted by Crippen LogP contribution is 2.27. The molecule has 5 heteroatoms. The van der Waals surface area contributed by atoms with E-state index in [0.29, 0.717) is 25.2 Å². The van der Waals surface area contributed by atoms with Gasteiger partial charge in [-0.2, -0.15) is 0 Å². The van der Waals surface area contributed by atoms with Gasteiger partial charge in [0, 0.05) is 25.2 Å². The summed E-state index contributed by atoms with van der Waals surface area (Å²) in [7, 11) is 0. The molecule has 1 N–H and O–H groups in total. The molecule has 1 aromatic carbocycles. The molecule has 116 valence electrons. The van der Waals surface area contributed by atoms with Crippen LogP contribution in [0, 0.1) is 12.7 Å². The van der Waals surface area contributed by atoms with E-state index in [1.54, 1.807) is 17.0 Å². The maximum absolute atomic E-state index is 14.1. The number of hydrogen-bond acceptors (Lipinski definition) is 3. The average molecular weight is 294 g/mol. The topological polar surface area (TPSA) is 41.6 Å². The normalized spacial score (nSPS) is 19.5. The van der Waals surface area contributed by atoms with Gasteiger partial charge >= 0.3 is 6.09 Å². The van der Waals surface area contributed by atoms with Crippen LogP contribution >= 0.6 is 0 Å². The maximum atomic E-state index is 14.1. The minimum atomic E-state index is -0.558. The molecule has 1 aliphatic rings. The van der Waals surface area contributed by atoms with Crippen molar-refractivity contribution in [3.8, 4) is 0 Å². The Balaban J connectivity index is 2.27. The first-order chi connectivity index (χ1) is 9.78. The highest BCUT2D eigenvalue weighted by molar-refractivity contribution is 5.69. The Morgan fingerprint density at radius 2 is 2.14 bits per heavy atom. The molecule has 2 rings (SSSR count). The lowest BCUT2D eigenvalue weighted by molar-refractivity contribution is 0.0114. The summed E-state index contributed by atoms with van der Waals surface area (Å²) in [6.07, 6.45) is -0.394. The van der Waals surface area contributed by atoms with E-state index in [0.717, 1.165) is 5.56 Å². The van der Waals surface area contributed by atoms with Crippen molar-refractivity contribution in [1.82, 2.24) is 10.2 Å². The Bertz CT molecular complexity index is 525. The second-order valence-electron chi connectivity index (χ2n) is 6.42. The van der Waals surface area contributed by atoms with Crippen molar-refractivity contribution >= 4 is 6.09 Å². The summed E-state index contributed by atoms with van der Waals surface area (Å²) in [5.74, 6) is -0.289. The predicted octanol–water partition coefficient (Wildman–Crippen LogP) is 3.02. The van der Waals surface area contributed by atoms with Gasteiger partial charge in [0.05, 0.1) is 6.04 Å². The van der Waals surface area contributed by atoms with Gasteiger partial charge in [-0.1, -0.05) is 17.7 Å². The maximum Gasteiger partial charge on any atom is 0.410 e. The van der Waals surface area contributed by atoms with Crippen LogP contribution in [0.2, 0.25) is 0 Å². The molecule has 1 saturated heterocycles. The fourth-order valence-electron chi connectivity index (χ4n) is 2.44. The van der Waals surface area contributed by atoms with Crippen molar-refractivity contribution in [2.45, 2.75) is 39.3 Å². The number of nitrogens with one attached hydrogen (secondary N) is 1. The molecule has 0 radical (unpaired) electrons.